The first kappa shape index (κ1) is 15.1. The van der Waals surface area contributed by atoms with E-state index in [1.165, 1.54) is 0 Å². The molecule has 0 aliphatic rings. The molecule has 2 heterocycles. The highest BCUT2D eigenvalue weighted by atomic mass is 16.5. The van der Waals surface area contributed by atoms with Crippen molar-refractivity contribution in [3.05, 3.63) is 60.0 Å². The van der Waals surface area contributed by atoms with Gasteiger partial charge < -0.3 is 13.9 Å². The normalized spacial score (nSPS) is 10.9. The molecule has 0 spiro atoms. The van der Waals surface area contributed by atoms with Crippen molar-refractivity contribution in [1.29, 1.82) is 0 Å². The van der Waals surface area contributed by atoms with Crippen LogP contribution in [0.1, 0.15) is 16.2 Å². The van der Waals surface area contributed by atoms with E-state index < -0.39 is 5.97 Å². The summed E-state index contributed by atoms with van der Waals surface area (Å²) in [6.45, 7) is 1.80. The SMILES string of the molecule is Cc1cc2ccccc2n1CC(=O)OCC(=O)c1cccn1C. The van der Waals surface area contributed by atoms with Gasteiger partial charge in [-0.25, -0.2) is 0 Å². The Labute approximate surface area is 134 Å². The summed E-state index contributed by atoms with van der Waals surface area (Å²) >= 11 is 0. The number of aryl methyl sites for hydroxylation is 2. The maximum Gasteiger partial charge on any atom is 0.326 e. The molecule has 3 aromatic rings. The van der Waals surface area contributed by atoms with E-state index in [2.05, 4.69) is 0 Å². The molecule has 0 atom stereocenters. The number of esters is 1. The second kappa shape index (κ2) is 6.12. The van der Waals surface area contributed by atoms with Crippen molar-refractivity contribution >= 4 is 22.7 Å². The molecule has 0 bridgehead atoms. The van der Waals surface area contributed by atoms with Crippen LogP contribution < -0.4 is 0 Å². The molecule has 0 saturated carbocycles. The fraction of sp³-hybridized carbons (Fsp3) is 0.222. The highest BCUT2D eigenvalue weighted by molar-refractivity contribution is 5.96. The number of ketones is 1. The standard InChI is InChI=1S/C18H18N2O3/c1-13-10-14-6-3-4-7-15(14)20(13)11-18(22)23-12-17(21)16-8-5-9-19(16)2/h3-10H,11-12H2,1-2H3. The molecule has 0 unspecified atom stereocenters. The lowest BCUT2D eigenvalue weighted by Gasteiger charge is -2.09. The second-order valence-corrected chi connectivity index (χ2v) is 5.52. The summed E-state index contributed by atoms with van der Waals surface area (Å²) in [4.78, 5) is 24.1. The maximum atomic E-state index is 12.1. The predicted molar refractivity (Wildman–Crippen MR) is 87.4 cm³/mol. The zero-order chi connectivity index (χ0) is 16.4. The molecule has 2 aromatic heterocycles. The molecule has 118 valence electrons. The molecule has 0 aliphatic carbocycles. The first-order chi connectivity index (χ1) is 11.1. The molecule has 0 radical (unpaired) electrons. The Balaban J connectivity index is 1.66. The fourth-order valence-corrected chi connectivity index (χ4v) is 2.70. The Bertz CT molecular complexity index is 873. The van der Waals surface area contributed by atoms with Gasteiger partial charge in [0.25, 0.3) is 0 Å². The predicted octanol–water partition coefficient (Wildman–Crippen LogP) is 2.71. The highest BCUT2D eigenvalue weighted by Gasteiger charge is 2.14. The lowest BCUT2D eigenvalue weighted by Crippen LogP contribution is -2.20. The average molecular weight is 310 g/mol. The van der Waals surface area contributed by atoms with Crippen LogP contribution in [0.3, 0.4) is 0 Å². The zero-order valence-electron chi connectivity index (χ0n) is 13.2. The number of para-hydroxylation sites is 1. The van der Waals surface area contributed by atoms with Gasteiger partial charge >= 0.3 is 5.97 Å². The van der Waals surface area contributed by atoms with Crippen LogP contribution in [-0.2, 0) is 23.1 Å². The van der Waals surface area contributed by atoms with Gasteiger partial charge in [0.05, 0.1) is 5.69 Å². The minimum atomic E-state index is -0.419. The lowest BCUT2D eigenvalue weighted by molar-refractivity contribution is -0.143. The van der Waals surface area contributed by atoms with E-state index in [4.69, 9.17) is 4.74 Å². The average Bonchev–Trinajstić information content (AvgIpc) is 3.09. The molecular formula is C18H18N2O3. The number of ether oxygens (including phenoxy) is 1. The van der Waals surface area contributed by atoms with Gasteiger partial charge in [-0.1, -0.05) is 18.2 Å². The van der Waals surface area contributed by atoms with Crippen molar-refractivity contribution < 1.29 is 14.3 Å². The van der Waals surface area contributed by atoms with Crippen LogP contribution in [0.25, 0.3) is 10.9 Å². The summed E-state index contributed by atoms with van der Waals surface area (Å²) in [5.74, 6) is -0.628. The van der Waals surface area contributed by atoms with Gasteiger partial charge in [0.15, 0.2) is 6.61 Å². The Morgan fingerprint density at radius 1 is 1.13 bits per heavy atom. The summed E-state index contributed by atoms with van der Waals surface area (Å²) in [7, 11) is 1.78. The number of nitrogens with zero attached hydrogens (tertiary/aromatic N) is 2. The van der Waals surface area contributed by atoms with Crippen LogP contribution in [0.2, 0.25) is 0 Å². The molecule has 5 heteroatoms. The van der Waals surface area contributed by atoms with E-state index in [0.717, 1.165) is 16.6 Å². The van der Waals surface area contributed by atoms with Crippen molar-refractivity contribution in [3.8, 4) is 0 Å². The third-order valence-corrected chi connectivity index (χ3v) is 3.90. The van der Waals surface area contributed by atoms with E-state index in [1.54, 1.807) is 29.9 Å². The molecule has 0 aliphatic heterocycles. The minimum absolute atomic E-state index is 0.0970. The molecule has 5 nitrogen and oxygen atoms in total. The summed E-state index contributed by atoms with van der Waals surface area (Å²) < 4.78 is 8.74. The smallest absolute Gasteiger partial charge is 0.326 e. The van der Waals surface area contributed by atoms with Crippen LogP contribution >= 0.6 is 0 Å². The van der Waals surface area contributed by atoms with Crippen molar-refractivity contribution in [2.45, 2.75) is 13.5 Å². The Morgan fingerprint density at radius 2 is 1.91 bits per heavy atom. The van der Waals surface area contributed by atoms with Crippen LogP contribution in [0, 0.1) is 6.92 Å². The van der Waals surface area contributed by atoms with Gasteiger partial charge in [0.2, 0.25) is 5.78 Å². The Morgan fingerprint density at radius 3 is 2.65 bits per heavy atom. The second-order valence-electron chi connectivity index (χ2n) is 5.52. The van der Waals surface area contributed by atoms with Crippen molar-refractivity contribution in [2.24, 2.45) is 7.05 Å². The van der Waals surface area contributed by atoms with Crippen LogP contribution in [0.4, 0.5) is 0 Å². The molecule has 1 aromatic carbocycles. The number of carbonyl (C=O) groups is 2. The van der Waals surface area contributed by atoms with Crippen molar-refractivity contribution in [1.82, 2.24) is 9.13 Å². The Hall–Kier alpha value is -2.82. The summed E-state index contributed by atoms with van der Waals surface area (Å²) in [6, 6.07) is 13.4. The molecule has 23 heavy (non-hydrogen) atoms. The number of hydrogen-bond acceptors (Lipinski definition) is 3. The third-order valence-electron chi connectivity index (χ3n) is 3.90. The molecule has 0 N–H and O–H groups in total. The van der Waals surface area contributed by atoms with Crippen molar-refractivity contribution in [2.75, 3.05) is 6.61 Å². The van der Waals surface area contributed by atoms with Crippen LogP contribution in [0.5, 0.6) is 0 Å². The van der Waals surface area contributed by atoms with Gasteiger partial charge in [0, 0.05) is 24.5 Å². The van der Waals surface area contributed by atoms with Crippen LogP contribution in [0.15, 0.2) is 48.7 Å². The third kappa shape index (κ3) is 3.04. The monoisotopic (exact) mass is 310 g/mol. The van der Waals surface area contributed by atoms with E-state index in [0.29, 0.717) is 5.69 Å². The van der Waals surface area contributed by atoms with Gasteiger partial charge in [-0.3, -0.25) is 9.59 Å². The largest absolute Gasteiger partial charge is 0.456 e. The number of benzene rings is 1. The minimum Gasteiger partial charge on any atom is -0.456 e. The number of fused-ring (bicyclic) bond motifs is 1. The lowest BCUT2D eigenvalue weighted by atomic mass is 10.2. The van der Waals surface area contributed by atoms with E-state index in [1.807, 2.05) is 41.8 Å². The number of aromatic nitrogens is 2. The highest BCUT2D eigenvalue weighted by Crippen LogP contribution is 2.19. The number of Topliss-reactive ketones (excluding diaryl/α,β-unsaturated/α-hetero) is 1. The van der Waals surface area contributed by atoms with Crippen molar-refractivity contribution in [3.63, 3.8) is 0 Å². The zero-order valence-corrected chi connectivity index (χ0v) is 13.2. The molecule has 0 fully saturated rings. The topological polar surface area (TPSA) is 53.2 Å². The number of carbonyl (C=O) groups excluding carboxylic acids is 2. The molecule has 0 saturated heterocycles. The summed E-state index contributed by atoms with van der Waals surface area (Å²) in [5.41, 5.74) is 2.49. The van der Waals surface area contributed by atoms with E-state index in [-0.39, 0.29) is 18.9 Å². The first-order valence-corrected chi connectivity index (χ1v) is 7.41. The van der Waals surface area contributed by atoms with Gasteiger partial charge in [0.1, 0.15) is 6.54 Å². The Kier molecular flexibility index (Phi) is 4.02. The fourth-order valence-electron chi connectivity index (χ4n) is 2.70. The molecule has 0 amide bonds. The van der Waals surface area contributed by atoms with E-state index in [9.17, 15) is 9.59 Å². The summed E-state index contributed by atoms with van der Waals surface area (Å²) in [6.07, 6.45) is 1.78. The van der Waals surface area contributed by atoms with Crippen LogP contribution in [-0.4, -0.2) is 27.5 Å². The molecular weight excluding hydrogens is 292 g/mol. The quantitative estimate of drug-likeness (QED) is 0.538. The first-order valence-electron chi connectivity index (χ1n) is 7.41. The van der Waals surface area contributed by atoms with Gasteiger partial charge in [-0.2, -0.15) is 0 Å². The number of rotatable bonds is 5. The summed E-state index contributed by atoms with van der Waals surface area (Å²) in [5, 5.41) is 1.08. The molecule has 3 rings (SSSR count). The van der Waals surface area contributed by atoms with Gasteiger partial charge in [-0.15, -0.1) is 0 Å². The number of hydrogen-bond donors (Lipinski definition) is 0. The van der Waals surface area contributed by atoms with E-state index >= 15 is 0 Å². The van der Waals surface area contributed by atoms with Gasteiger partial charge in [-0.05, 0) is 36.6 Å². The maximum absolute atomic E-state index is 12.1.